The van der Waals surface area contributed by atoms with Gasteiger partial charge in [-0.1, -0.05) is 6.92 Å². The lowest BCUT2D eigenvalue weighted by Gasteiger charge is -2.12. The highest BCUT2D eigenvalue weighted by atomic mass is 32.2. The van der Waals surface area contributed by atoms with E-state index >= 15 is 0 Å². The summed E-state index contributed by atoms with van der Waals surface area (Å²) >= 11 is 0. The number of nitro benzene ring substituents is 1. The molecule has 10 heteroatoms. The molecule has 0 aliphatic rings. The van der Waals surface area contributed by atoms with Gasteiger partial charge in [0, 0.05) is 23.4 Å². The second kappa shape index (κ2) is 8.04. The second-order valence-electron chi connectivity index (χ2n) is 5.87. The highest BCUT2D eigenvalue weighted by Gasteiger charge is 2.21. The number of sulfonamides is 1. The van der Waals surface area contributed by atoms with Crippen LogP contribution in [-0.4, -0.2) is 30.4 Å². The molecule has 0 spiro atoms. The van der Waals surface area contributed by atoms with Gasteiger partial charge in [-0.25, -0.2) is 8.42 Å². The van der Waals surface area contributed by atoms with E-state index in [9.17, 15) is 28.4 Å². The molecule has 0 aliphatic carbocycles. The Hall–Kier alpha value is -3.14. The summed E-state index contributed by atoms with van der Waals surface area (Å²) in [6.45, 7) is 3.81. The fraction of sp³-hybridized carbons (Fsp3) is 0.235. The summed E-state index contributed by atoms with van der Waals surface area (Å²) in [5.74, 6) is -0.900. The van der Waals surface area contributed by atoms with Crippen molar-refractivity contribution in [2.24, 2.45) is 0 Å². The first kappa shape index (κ1) is 20.2. The molecule has 144 valence electrons. The minimum atomic E-state index is -4.11. The van der Waals surface area contributed by atoms with Crippen LogP contribution in [0, 0.1) is 10.1 Å². The van der Waals surface area contributed by atoms with Gasteiger partial charge in [-0.2, -0.15) is 0 Å². The third kappa shape index (κ3) is 4.94. The van der Waals surface area contributed by atoms with Gasteiger partial charge in [0.1, 0.15) is 0 Å². The number of hydrogen-bond donors (Lipinski definition) is 3. The Balaban J connectivity index is 2.20. The van der Waals surface area contributed by atoms with Crippen molar-refractivity contribution in [2.45, 2.75) is 31.2 Å². The molecule has 0 fully saturated rings. The topological polar surface area (TPSA) is 139 Å². The van der Waals surface area contributed by atoms with Gasteiger partial charge in [-0.15, -0.1) is 0 Å². The van der Waals surface area contributed by atoms with Gasteiger partial charge in [0.25, 0.3) is 15.9 Å². The molecule has 1 amide bonds. The lowest BCUT2D eigenvalue weighted by molar-refractivity contribution is -0.386. The van der Waals surface area contributed by atoms with Crippen molar-refractivity contribution < 1.29 is 23.2 Å². The van der Waals surface area contributed by atoms with Crippen molar-refractivity contribution in [2.75, 3.05) is 4.72 Å². The maximum atomic E-state index is 12.4. The van der Waals surface area contributed by atoms with E-state index in [1.54, 1.807) is 0 Å². The minimum absolute atomic E-state index is 0.0148. The molecule has 27 heavy (non-hydrogen) atoms. The average molecular weight is 393 g/mol. The summed E-state index contributed by atoms with van der Waals surface area (Å²) in [5, 5.41) is 23.1. The summed E-state index contributed by atoms with van der Waals surface area (Å²) in [4.78, 5) is 21.6. The van der Waals surface area contributed by atoms with E-state index in [1.807, 2.05) is 13.8 Å². The lowest BCUT2D eigenvalue weighted by Crippen LogP contribution is -2.31. The van der Waals surface area contributed by atoms with E-state index < -0.39 is 26.4 Å². The summed E-state index contributed by atoms with van der Waals surface area (Å²) in [6.07, 6.45) is 0.780. The van der Waals surface area contributed by atoms with Gasteiger partial charge in [-0.3, -0.25) is 19.6 Å². The standard InChI is InChI=1S/C17H19N3O6S/c1-3-11(2)18-17(22)12-4-6-13(7-5-12)19-27(25,26)14-8-9-16(21)15(10-14)20(23)24/h4-11,19,21H,3H2,1-2H3,(H,18,22). The van der Waals surface area contributed by atoms with Crippen LogP contribution in [0.15, 0.2) is 47.4 Å². The number of nitrogens with zero attached hydrogens (tertiary/aromatic N) is 1. The van der Waals surface area contributed by atoms with E-state index in [2.05, 4.69) is 10.0 Å². The molecule has 0 bridgehead atoms. The average Bonchev–Trinajstić information content (AvgIpc) is 2.61. The van der Waals surface area contributed by atoms with Gasteiger partial charge in [-0.05, 0) is 49.7 Å². The molecule has 2 rings (SSSR count). The van der Waals surface area contributed by atoms with Crippen LogP contribution < -0.4 is 10.0 Å². The van der Waals surface area contributed by atoms with E-state index in [0.29, 0.717) is 5.56 Å². The lowest BCUT2D eigenvalue weighted by atomic mass is 10.1. The van der Waals surface area contributed by atoms with Crippen LogP contribution in [0.4, 0.5) is 11.4 Å². The number of benzene rings is 2. The first-order valence-corrected chi connectivity index (χ1v) is 9.53. The molecule has 1 unspecified atom stereocenters. The van der Waals surface area contributed by atoms with Crippen molar-refractivity contribution in [3.05, 3.63) is 58.1 Å². The smallest absolute Gasteiger partial charge is 0.312 e. The fourth-order valence-electron chi connectivity index (χ4n) is 2.13. The number of nitrogens with one attached hydrogen (secondary N) is 2. The Morgan fingerprint density at radius 1 is 1.22 bits per heavy atom. The first-order valence-electron chi connectivity index (χ1n) is 8.05. The Morgan fingerprint density at radius 2 is 1.85 bits per heavy atom. The van der Waals surface area contributed by atoms with Crippen LogP contribution in [0.2, 0.25) is 0 Å². The van der Waals surface area contributed by atoms with Crippen molar-refractivity contribution in [1.29, 1.82) is 0 Å². The number of phenolic OH excluding ortho intramolecular Hbond substituents is 1. The van der Waals surface area contributed by atoms with Crippen LogP contribution >= 0.6 is 0 Å². The predicted molar refractivity (Wildman–Crippen MR) is 99.2 cm³/mol. The molecule has 0 aromatic heterocycles. The largest absolute Gasteiger partial charge is 0.502 e. The molecular weight excluding hydrogens is 374 g/mol. The zero-order chi connectivity index (χ0) is 20.2. The van der Waals surface area contributed by atoms with E-state index in [0.717, 1.165) is 24.6 Å². The SMILES string of the molecule is CCC(C)NC(=O)c1ccc(NS(=O)(=O)c2ccc(O)c([N+](=O)[O-])c2)cc1. The molecule has 0 radical (unpaired) electrons. The molecule has 3 N–H and O–H groups in total. The second-order valence-corrected chi connectivity index (χ2v) is 7.56. The number of carbonyl (C=O) groups is 1. The zero-order valence-electron chi connectivity index (χ0n) is 14.7. The monoisotopic (exact) mass is 393 g/mol. The minimum Gasteiger partial charge on any atom is -0.502 e. The Morgan fingerprint density at radius 3 is 2.41 bits per heavy atom. The number of hydrogen-bond acceptors (Lipinski definition) is 6. The van der Waals surface area contributed by atoms with Gasteiger partial charge < -0.3 is 10.4 Å². The molecular formula is C17H19N3O6S. The maximum Gasteiger partial charge on any atom is 0.312 e. The number of rotatable bonds is 7. The molecule has 2 aromatic rings. The first-order chi connectivity index (χ1) is 12.6. The molecule has 2 aromatic carbocycles. The normalized spacial score (nSPS) is 12.2. The van der Waals surface area contributed by atoms with Crippen molar-refractivity contribution in [3.63, 3.8) is 0 Å². The van der Waals surface area contributed by atoms with Crippen LogP contribution in [0.5, 0.6) is 5.75 Å². The number of nitro groups is 1. The summed E-state index contributed by atoms with van der Waals surface area (Å²) in [7, 11) is -4.11. The Kier molecular flexibility index (Phi) is 6.01. The van der Waals surface area contributed by atoms with E-state index in [4.69, 9.17) is 0 Å². The van der Waals surface area contributed by atoms with Gasteiger partial charge in [0.15, 0.2) is 5.75 Å². The quantitative estimate of drug-likeness (QED) is 0.488. The van der Waals surface area contributed by atoms with E-state index in [1.165, 1.54) is 24.3 Å². The highest BCUT2D eigenvalue weighted by Crippen LogP contribution is 2.29. The van der Waals surface area contributed by atoms with Gasteiger partial charge in [0.05, 0.1) is 9.82 Å². The van der Waals surface area contributed by atoms with Crippen LogP contribution in [-0.2, 0) is 10.0 Å². The molecule has 9 nitrogen and oxygen atoms in total. The highest BCUT2D eigenvalue weighted by molar-refractivity contribution is 7.92. The Bertz CT molecular complexity index is 957. The van der Waals surface area contributed by atoms with E-state index in [-0.39, 0.29) is 22.5 Å². The molecule has 0 saturated heterocycles. The third-order valence-electron chi connectivity index (χ3n) is 3.84. The van der Waals surface area contributed by atoms with Crippen LogP contribution in [0.1, 0.15) is 30.6 Å². The zero-order valence-corrected chi connectivity index (χ0v) is 15.5. The fourth-order valence-corrected chi connectivity index (χ4v) is 3.21. The number of phenols is 1. The Labute approximate surface area is 156 Å². The predicted octanol–water partition coefficient (Wildman–Crippen LogP) is 2.63. The van der Waals surface area contributed by atoms with Crippen molar-refractivity contribution in [1.82, 2.24) is 5.32 Å². The van der Waals surface area contributed by atoms with Gasteiger partial charge in [0.2, 0.25) is 0 Å². The summed E-state index contributed by atoms with van der Waals surface area (Å²) in [6, 6.07) is 8.54. The van der Waals surface area contributed by atoms with Crippen molar-refractivity contribution in [3.8, 4) is 5.75 Å². The molecule has 0 aliphatic heterocycles. The van der Waals surface area contributed by atoms with Gasteiger partial charge >= 0.3 is 5.69 Å². The summed E-state index contributed by atoms with van der Waals surface area (Å²) in [5.41, 5.74) is -0.153. The molecule has 1 atom stereocenters. The number of aromatic hydroxyl groups is 1. The number of carbonyl (C=O) groups excluding carboxylic acids is 1. The number of amides is 1. The number of anilines is 1. The van der Waals surface area contributed by atoms with Crippen LogP contribution in [0.3, 0.4) is 0 Å². The summed E-state index contributed by atoms with van der Waals surface area (Å²) < 4.78 is 27.1. The molecule has 0 heterocycles. The van der Waals surface area contributed by atoms with Crippen LogP contribution in [0.25, 0.3) is 0 Å². The maximum absolute atomic E-state index is 12.4. The third-order valence-corrected chi connectivity index (χ3v) is 5.22. The molecule has 0 saturated carbocycles. The van der Waals surface area contributed by atoms with Crippen molar-refractivity contribution >= 4 is 27.3 Å².